The molecule has 3 rings (SSSR count). The van der Waals surface area contributed by atoms with Crippen LogP contribution in [0.15, 0.2) is 0 Å². The van der Waals surface area contributed by atoms with Crippen LogP contribution in [-0.2, 0) is 9.59 Å². The minimum Gasteiger partial charge on any atom is -0.303 e. The first-order chi connectivity index (χ1) is 10.2. The summed E-state index contributed by atoms with van der Waals surface area (Å²) in [5, 5.41) is 0. The van der Waals surface area contributed by atoms with E-state index in [0.29, 0.717) is 6.42 Å². The molecule has 0 aliphatic heterocycles. The van der Waals surface area contributed by atoms with Crippen LogP contribution in [0.1, 0.15) is 26.7 Å². The van der Waals surface area contributed by atoms with Gasteiger partial charge in [-0.1, -0.05) is 13.8 Å². The van der Waals surface area contributed by atoms with E-state index >= 15 is 0 Å². The SMILES string of the molecule is CC1(C)C2CC(C(=O)C(F)(F)C(F)(F)C(F)(F)F)C(C=O)C1C2. The van der Waals surface area contributed by atoms with Crippen LogP contribution in [0.25, 0.3) is 0 Å². The van der Waals surface area contributed by atoms with E-state index in [1.54, 1.807) is 13.8 Å². The van der Waals surface area contributed by atoms with Gasteiger partial charge in [-0.15, -0.1) is 0 Å². The van der Waals surface area contributed by atoms with Crippen molar-refractivity contribution in [3.05, 3.63) is 0 Å². The van der Waals surface area contributed by atoms with E-state index in [4.69, 9.17) is 0 Å². The number of carbonyl (C=O) groups is 2. The van der Waals surface area contributed by atoms with E-state index in [-0.39, 0.29) is 18.6 Å². The van der Waals surface area contributed by atoms with E-state index in [0.717, 1.165) is 0 Å². The smallest absolute Gasteiger partial charge is 0.303 e. The molecule has 0 amide bonds. The van der Waals surface area contributed by atoms with Gasteiger partial charge < -0.3 is 4.79 Å². The normalized spacial score (nSPS) is 33.8. The first kappa shape index (κ1) is 18.2. The Morgan fingerprint density at radius 2 is 1.57 bits per heavy atom. The minimum atomic E-state index is -6.56. The lowest BCUT2D eigenvalue weighted by Crippen LogP contribution is -2.63. The quantitative estimate of drug-likeness (QED) is 0.571. The van der Waals surface area contributed by atoms with Gasteiger partial charge in [-0.25, -0.2) is 0 Å². The number of alkyl halides is 7. The fraction of sp³-hybridized carbons (Fsp3) is 0.857. The number of ketones is 1. The van der Waals surface area contributed by atoms with Crippen molar-refractivity contribution in [1.82, 2.24) is 0 Å². The van der Waals surface area contributed by atoms with Crippen molar-refractivity contribution in [3.8, 4) is 0 Å². The lowest BCUT2D eigenvalue weighted by atomic mass is 9.43. The Hall–Kier alpha value is -1.15. The monoisotopic (exact) mass is 348 g/mol. The molecule has 0 aromatic rings. The fourth-order valence-corrected chi connectivity index (χ4v) is 3.89. The summed E-state index contributed by atoms with van der Waals surface area (Å²) in [5.74, 6) is -18.7. The molecule has 3 fully saturated rings. The molecule has 132 valence electrons. The molecule has 23 heavy (non-hydrogen) atoms. The number of carbonyl (C=O) groups excluding carboxylic acids is 2. The Kier molecular flexibility index (Phi) is 3.89. The van der Waals surface area contributed by atoms with Crippen LogP contribution in [0.5, 0.6) is 0 Å². The van der Waals surface area contributed by atoms with Crippen LogP contribution in [0.3, 0.4) is 0 Å². The van der Waals surface area contributed by atoms with Gasteiger partial charge in [-0.2, -0.15) is 30.7 Å². The molecule has 0 N–H and O–H groups in total. The van der Waals surface area contributed by atoms with Crippen molar-refractivity contribution in [2.24, 2.45) is 29.1 Å². The summed E-state index contributed by atoms with van der Waals surface area (Å²) in [4.78, 5) is 22.9. The average molecular weight is 348 g/mol. The zero-order chi connectivity index (χ0) is 18.0. The Balaban J connectivity index is 2.32. The maximum Gasteiger partial charge on any atom is 0.460 e. The van der Waals surface area contributed by atoms with Gasteiger partial charge in [0.1, 0.15) is 6.29 Å². The second-order valence-electron chi connectivity index (χ2n) is 6.93. The molecule has 3 saturated carbocycles. The van der Waals surface area contributed by atoms with Gasteiger partial charge >= 0.3 is 18.0 Å². The summed E-state index contributed by atoms with van der Waals surface area (Å²) in [6.45, 7) is 3.51. The largest absolute Gasteiger partial charge is 0.460 e. The maximum atomic E-state index is 13.6. The maximum absolute atomic E-state index is 13.6. The molecular formula is C14H15F7O2. The number of fused-ring (bicyclic) bond motifs is 2. The third-order valence-corrected chi connectivity index (χ3v) is 5.57. The molecule has 9 heteroatoms. The molecule has 0 radical (unpaired) electrons. The van der Waals surface area contributed by atoms with Crippen molar-refractivity contribution in [1.29, 1.82) is 0 Å². The Bertz CT molecular complexity index is 524. The molecule has 4 unspecified atom stereocenters. The predicted molar refractivity (Wildman–Crippen MR) is 64.0 cm³/mol. The van der Waals surface area contributed by atoms with Crippen LogP contribution in [0.2, 0.25) is 0 Å². The Labute approximate surface area is 127 Å². The van der Waals surface area contributed by atoms with Crippen LogP contribution in [0, 0.1) is 29.1 Å². The van der Waals surface area contributed by atoms with E-state index in [1.807, 2.05) is 0 Å². The fourth-order valence-electron chi connectivity index (χ4n) is 3.89. The Morgan fingerprint density at radius 3 is 1.96 bits per heavy atom. The van der Waals surface area contributed by atoms with E-state index < -0.39 is 47.0 Å². The molecular weight excluding hydrogens is 333 g/mol. The summed E-state index contributed by atoms with van der Waals surface area (Å²) >= 11 is 0. The van der Waals surface area contributed by atoms with Gasteiger partial charge in [0.25, 0.3) is 0 Å². The van der Waals surface area contributed by atoms with Gasteiger partial charge in [0.15, 0.2) is 0 Å². The molecule has 0 spiro atoms. The van der Waals surface area contributed by atoms with Gasteiger partial charge in [0.05, 0.1) is 0 Å². The molecule has 2 bridgehead atoms. The third-order valence-electron chi connectivity index (χ3n) is 5.57. The summed E-state index contributed by atoms with van der Waals surface area (Å²) in [6.07, 6.45) is -6.14. The first-order valence-corrected chi connectivity index (χ1v) is 7.01. The molecule has 0 aromatic heterocycles. The van der Waals surface area contributed by atoms with Gasteiger partial charge in [0.2, 0.25) is 5.78 Å². The van der Waals surface area contributed by atoms with Crippen molar-refractivity contribution in [3.63, 3.8) is 0 Å². The van der Waals surface area contributed by atoms with Crippen molar-refractivity contribution in [2.45, 2.75) is 44.7 Å². The van der Waals surface area contributed by atoms with Gasteiger partial charge in [-0.3, -0.25) is 4.79 Å². The molecule has 0 heterocycles. The zero-order valence-corrected chi connectivity index (χ0v) is 12.3. The molecule has 3 aliphatic rings. The highest BCUT2D eigenvalue weighted by Crippen LogP contribution is 2.63. The summed E-state index contributed by atoms with van der Waals surface area (Å²) in [7, 11) is 0. The van der Waals surface area contributed by atoms with Crippen LogP contribution in [-0.4, -0.2) is 30.1 Å². The molecule has 0 saturated heterocycles. The highest BCUT2D eigenvalue weighted by atomic mass is 19.4. The van der Waals surface area contributed by atoms with Crippen molar-refractivity contribution >= 4 is 12.1 Å². The predicted octanol–water partition coefficient (Wildman–Crippen LogP) is 3.89. The number of rotatable bonds is 4. The van der Waals surface area contributed by atoms with Gasteiger partial charge in [-0.05, 0) is 30.1 Å². The average Bonchev–Trinajstić information content (AvgIpc) is 2.43. The first-order valence-electron chi connectivity index (χ1n) is 7.01. The zero-order valence-electron chi connectivity index (χ0n) is 12.3. The number of Topliss-reactive ketones (excluding diaryl/α,β-unsaturated/α-hetero) is 1. The van der Waals surface area contributed by atoms with Crippen molar-refractivity contribution in [2.75, 3.05) is 0 Å². The highest BCUT2D eigenvalue weighted by Gasteiger charge is 2.77. The summed E-state index contributed by atoms with van der Waals surface area (Å²) in [5.41, 5.74) is -0.426. The van der Waals surface area contributed by atoms with E-state index in [9.17, 15) is 40.3 Å². The summed E-state index contributed by atoms with van der Waals surface area (Å²) < 4.78 is 89.8. The van der Waals surface area contributed by atoms with Crippen molar-refractivity contribution < 1.29 is 40.3 Å². The van der Waals surface area contributed by atoms with Gasteiger partial charge in [0, 0.05) is 11.8 Å². The number of aldehydes is 1. The van der Waals surface area contributed by atoms with Crippen LogP contribution >= 0.6 is 0 Å². The Morgan fingerprint density at radius 1 is 1.04 bits per heavy atom. The van der Waals surface area contributed by atoms with Crippen LogP contribution < -0.4 is 0 Å². The number of hydrogen-bond donors (Lipinski definition) is 0. The molecule has 4 atom stereocenters. The highest BCUT2D eigenvalue weighted by molar-refractivity contribution is 5.91. The number of halogens is 7. The molecule has 2 nitrogen and oxygen atoms in total. The minimum absolute atomic E-state index is 0.228. The van der Waals surface area contributed by atoms with E-state index in [2.05, 4.69) is 0 Å². The lowest BCUT2D eigenvalue weighted by Gasteiger charge is -2.61. The number of hydrogen-bond acceptors (Lipinski definition) is 2. The lowest BCUT2D eigenvalue weighted by molar-refractivity contribution is -0.345. The van der Waals surface area contributed by atoms with Crippen LogP contribution in [0.4, 0.5) is 30.7 Å². The third kappa shape index (κ3) is 2.29. The topological polar surface area (TPSA) is 34.1 Å². The second-order valence-corrected chi connectivity index (χ2v) is 6.93. The molecule has 3 aliphatic carbocycles. The van der Waals surface area contributed by atoms with E-state index in [1.165, 1.54) is 0 Å². The second kappa shape index (κ2) is 4.92. The molecule has 0 aromatic carbocycles. The summed E-state index contributed by atoms with van der Waals surface area (Å²) in [6, 6.07) is 0. The standard InChI is InChI=1S/C14H15F7O2/c1-11(2)6-3-7(8(5-22)9(11)4-6)10(23)12(15,16)13(17,18)14(19,20)21/h5-9H,3-4H2,1-2H3.